The van der Waals surface area contributed by atoms with Gasteiger partial charge in [-0.3, -0.25) is 4.79 Å². The van der Waals surface area contributed by atoms with Crippen molar-refractivity contribution in [2.75, 3.05) is 11.9 Å². The minimum absolute atomic E-state index is 0.147. The normalized spacial score (nSPS) is 10.6. The summed E-state index contributed by atoms with van der Waals surface area (Å²) in [5, 5.41) is 17.1. The first-order chi connectivity index (χ1) is 13.1. The van der Waals surface area contributed by atoms with E-state index in [0.717, 1.165) is 16.9 Å². The predicted octanol–water partition coefficient (Wildman–Crippen LogP) is 4.38. The Hall–Kier alpha value is -2.99. The van der Waals surface area contributed by atoms with Crippen LogP contribution in [0.5, 0.6) is 5.88 Å². The molecule has 1 heterocycles. The maximum Gasteiger partial charge on any atom is 0.303 e. The largest absolute Gasteiger partial charge is 0.481 e. The van der Waals surface area contributed by atoms with E-state index in [0.29, 0.717) is 30.5 Å². The Balaban J connectivity index is 1.59. The fraction of sp³-hybridized carbons (Fsp3) is 0.200. The lowest BCUT2D eigenvalue weighted by molar-refractivity contribution is -0.137. The van der Waals surface area contributed by atoms with Gasteiger partial charge in [-0.15, -0.1) is 5.10 Å². The monoisotopic (exact) mass is 385 g/mol. The molecule has 2 N–H and O–H groups in total. The molecule has 2 aromatic carbocycles. The van der Waals surface area contributed by atoms with E-state index < -0.39 is 5.97 Å². The number of hydrogen-bond donors (Lipinski definition) is 2. The van der Waals surface area contributed by atoms with Gasteiger partial charge in [0.15, 0.2) is 0 Å². The molecule has 0 aliphatic heterocycles. The van der Waals surface area contributed by atoms with Gasteiger partial charge in [-0.1, -0.05) is 29.8 Å². The Morgan fingerprint density at radius 1 is 1.15 bits per heavy atom. The number of aromatic nitrogens is 2. The average Bonchev–Trinajstić information content (AvgIpc) is 3.14. The van der Waals surface area contributed by atoms with Gasteiger partial charge in [-0.05, 0) is 36.8 Å². The van der Waals surface area contributed by atoms with Crippen LogP contribution in [0.4, 0.5) is 5.69 Å². The number of aliphatic carboxylic acids is 1. The molecule has 0 saturated heterocycles. The molecule has 0 bridgehead atoms. The molecule has 1 aromatic heterocycles. The fourth-order valence-corrected chi connectivity index (χ4v) is 2.68. The molecule has 140 valence electrons. The van der Waals surface area contributed by atoms with Crippen LogP contribution in [0.1, 0.15) is 18.4 Å². The zero-order valence-corrected chi connectivity index (χ0v) is 15.4. The van der Waals surface area contributed by atoms with Crippen LogP contribution >= 0.6 is 11.6 Å². The van der Waals surface area contributed by atoms with E-state index in [1.807, 2.05) is 54.7 Å². The van der Waals surface area contributed by atoms with E-state index in [9.17, 15) is 4.79 Å². The topological polar surface area (TPSA) is 76.4 Å². The highest BCUT2D eigenvalue weighted by atomic mass is 35.5. The SMILES string of the molecule is O=C(O)CCCNc1ccccc1COc1ccn(-c2ccc(Cl)cc2)n1. The number of benzene rings is 2. The van der Waals surface area contributed by atoms with Gasteiger partial charge in [0.05, 0.1) is 5.69 Å². The molecule has 3 aromatic rings. The molecule has 7 heteroatoms. The number of anilines is 1. The summed E-state index contributed by atoms with van der Waals surface area (Å²) in [7, 11) is 0. The van der Waals surface area contributed by atoms with E-state index in [2.05, 4.69) is 10.4 Å². The predicted molar refractivity (Wildman–Crippen MR) is 105 cm³/mol. The number of carboxylic acid groups (broad SMARTS) is 1. The van der Waals surface area contributed by atoms with Crippen molar-refractivity contribution < 1.29 is 14.6 Å². The van der Waals surface area contributed by atoms with E-state index in [4.69, 9.17) is 21.4 Å². The summed E-state index contributed by atoms with van der Waals surface area (Å²) in [6.45, 7) is 0.953. The smallest absolute Gasteiger partial charge is 0.303 e. The summed E-state index contributed by atoms with van der Waals surface area (Å²) in [6, 6.07) is 17.0. The zero-order chi connectivity index (χ0) is 19.1. The summed E-state index contributed by atoms with van der Waals surface area (Å²) in [5.74, 6) is -0.268. The number of carboxylic acids is 1. The standard InChI is InChI=1S/C20H20ClN3O3/c21-16-7-9-17(10-8-16)24-13-11-19(23-24)27-14-15-4-1-2-5-18(15)22-12-3-6-20(25)26/h1-2,4-5,7-11,13,22H,3,6,12,14H2,(H,25,26). The molecular weight excluding hydrogens is 366 g/mol. The number of nitrogens with one attached hydrogen (secondary N) is 1. The zero-order valence-electron chi connectivity index (χ0n) is 14.6. The molecule has 0 fully saturated rings. The molecule has 0 aliphatic carbocycles. The number of rotatable bonds is 9. The van der Waals surface area contributed by atoms with Crippen molar-refractivity contribution in [1.82, 2.24) is 9.78 Å². The fourth-order valence-electron chi connectivity index (χ4n) is 2.55. The maximum absolute atomic E-state index is 10.6. The lowest BCUT2D eigenvalue weighted by Crippen LogP contribution is -2.08. The van der Waals surface area contributed by atoms with Crippen molar-refractivity contribution in [2.24, 2.45) is 0 Å². The Morgan fingerprint density at radius 2 is 1.93 bits per heavy atom. The summed E-state index contributed by atoms with van der Waals surface area (Å²) in [6.07, 6.45) is 2.54. The lowest BCUT2D eigenvalue weighted by atomic mass is 10.2. The number of carbonyl (C=O) groups is 1. The van der Waals surface area contributed by atoms with Crippen LogP contribution in [0.3, 0.4) is 0 Å². The molecule has 6 nitrogen and oxygen atoms in total. The summed E-state index contributed by atoms with van der Waals surface area (Å²) >= 11 is 5.91. The van der Waals surface area contributed by atoms with Crippen LogP contribution in [0.15, 0.2) is 60.8 Å². The van der Waals surface area contributed by atoms with Gasteiger partial charge in [-0.25, -0.2) is 4.68 Å². The van der Waals surface area contributed by atoms with Crippen LogP contribution in [0.25, 0.3) is 5.69 Å². The molecule has 0 saturated carbocycles. The van der Waals surface area contributed by atoms with Gasteiger partial charge in [0.25, 0.3) is 0 Å². The van der Waals surface area contributed by atoms with Gasteiger partial charge in [-0.2, -0.15) is 0 Å². The average molecular weight is 386 g/mol. The van der Waals surface area contributed by atoms with Crippen LogP contribution in [-0.2, 0) is 11.4 Å². The van der Waals surface area contributed by atoms with Crippen LogP contribution < -0.4 is 10.1 Å². The second kappa shape index (κ2) is 9.09. The number of hydrogen-bond acceptors (Lipinski definition) is 4. The molecular formula is C20H20ClN3O3. The van der Waals surface area contributed by atoms with Gasteiger partial charge in [0, 0.05) is 41.5 Å². The third-order valence-corrected chi connectivity index (χ3v) is 4.18. The van der Waals surface area contributed by atoms with Gasteiger partial charge in [0.1, 0.15) is 6.61 Å². The van der Waals surface area contributed by atoms with Crippen LogP contribution in [0, 0.1) is 0 Å². The van der Waals surface area contributed by atoms with Crippen molar-refractivity contribution in [3.63, 3.8) is 0 Å². The van der Waals surface area contributed by atoms with Crippen molar-refractivity contribution in [3.05, 3.63) is 71.4 Å². The molecule has 0 atom stereocenters. The quantitative estimate of drug-likeness (QED) is 0.534. The number of para-hydroxylation sites is 1. The summed E-state index contributed by atoms with van der Waals surface area (Å²) in [5.41, 5.74) is 2.81. The third kappa shape index (κ3) is 5.49. The van der Waals surface area contributed by atoms with Gasteiger partial charge in [0.2, 0.25) is 5.88 Å². The number of halogens is 1. The Morgan fingerprint density at radius 3 is 2.70 bits per heavy atom. The molecule has 27 heavy (non-hydrogen) atoms. The Bertz CT molecular complexity index is 893. The first-order valence-electron chi connectivity index (χ1n) is 8.60. The molecule has 0 unspecified atom stereocenters. The molecule has 0 radical (unpaired) electrons. The first kappa shape index (κ1) is 18.8. The Kier molecular flexibility index (Phi) is 6.33. The highest BCUT2D eigenvalue weighted by Gasteiger charge is 2.06. The minimum Gasteiger partial charge on any atom is -0.481 e. The number of ether oxygens (including phenoxy) is 1. The van der Waals surface area contributed by atoms with Crippen molar-refractivity contribution >= 4 is 23.3 Å². The molecule has 3 rings (SSSR count). The second-order valence-electron chi connectivity index (χ2n) is 5.94. The summed E-state index contributed by atoms with van der Waals surface area (Å²) in [4.78, 5) is 10.6. The van der Waals surface area contributed by atoms with Crippen LogP contribution in [0.2, 0.25) is 5.02 Å². The number of nitrogens with zero attached hydrogens (tertiary/aromatic N) is 2. The third-order valence-electron chi connectivity index (χ3n) is 3.93. The van der Waals surface area contributed by atoms with E-state index >= 15 is 0 Å². The van der Waals surface area contributed by atoms with E-state index in [1.54, 1.807) is 10.7 Å². The van der Waals surface area contributed by atoms with Crippen molar-refractivity contribution in [1.29, 1.82) is 0 Å². The van der Waals surface area contributed by atoms with Crippen molar-refractivity contribution in [2.45, 2.75) is 19.4 Å². The molecule has 0 spiro atoms. The van der Waals surface area contributed by atoms with Gasteiger partial charge >= 0.3 is 5.97 Å². The highest BCUT2D eigenvalue weighted by Crippen LogP contribution is 2.19. The molecule has 0 aliphatic rings. The Labute approximate surface area is 162 Å². The van der Waals surface area contributed by atoms with Gasteiger partial charge < -0.3 is 15.2 Å². The first-order valence-corrected chi connectivity index (χ1v) is 8.97. The minimum atomic E-state index is -0.787. The second-order valence-corrected chi connectivity index (χ2v) is 6.38. The van der Waals surface area contributed by atoms with Crippen LogP contribution in [-0.4, -0.2) is 27.4 Å². The van der Waals surface area contributed by atoms with E-state index in [-0.39, 0.29) is 6.42 Å². The van der Waals surface area contributed by atoms with E-state index in [1.165, 1.54) is 0 Å². The van der Waals surface area contributed by atoms with Crippen molar-refractivity contribution in [3.8, 4) is 11.6 Å². The summed E-state index contributed by atoms with van der Waals surface area (Å²) < 4.78 is 7.53. The maximum atomic E-state index is 10.6. The highest BCUT2D eigenvalue weighted by molar-refractivity contribution is 6.30. The molecule has 0 amide bonds. The lowest BCUT2D eigenvalue weighted by Gasteiger charge is -2.11.